The summed E-state index contributed by atoms with van der Waals surface area (Å²) in [4.78, 5) is 27.2. The van der Waals surface area contributed by atoms with Gasteiger partial charge in [0.15, 0.2) is 6.61 Å². The van der Waals surface area contributed by atoms with Crippen molar-refractivity contribution >= 4 is 29.3 Å². The lowest BCUT2D eigenvalue weighted by atomic mass is 10.2. The molecule has 2 aliphatic rings. The molecule has 0 radical (unpaired) electrons. The zero-order valence-corrected chi connectivity index (χ0v) is 14.2. The van der Waals surface area contributed by atoms with E-state index in [2.05, 4.69) is 6.92 Å². The summed E-state index contributed by atoms with van der Waals surface area (Å²) in [5, 5.41) is 0.421. The second-order valence-corrected chi connectivity index (χ2v) is 6.99. The number of carbonyl (C=O) groups excluding carboxylic acids is 2. The molecule has 0 fully saturated rings. The first-order valence-electron chi connectivity index (χ1n) is 7.83. The molecule has 24 heavy (non-hydrogen) atoms. The fourth-order valence-corrected chi connectivity index (χ4v) is 3.61. The van der Waals surface area contributed by atoms with Crippen LogP contribution in [0, 0.1) is 0 Å². The molecule has 6 nitrogen and oxygen atoms in total. The molecule has 0 saturated heterocycles. The van der Waals surface area contributed by atoms with Crippen molar-refractivity contribution in [1.29, 1.82) is 0 Å². The number of hydrogen-bond acceptors (Lipinski definition) is 6. The van der Waals surface area contributed by atoms with Crippen molar-refractivity contribution in [3.05, 3.63) is 36.3 Å². The summed E-state index contributed by atoms with van der Waals surface area (Å²) in [5.41, 5.74) is 0.865. The van der Waals surface area contributed by atoms with Gasteiger partial charge in [-0.15, -0.1) is 11.8 Å². The minimum Gasteiger partial charge on any atom is -0.493 e. The van der Waals surface area contributed by atoms with Gasteiger partial charge in [0.25, 0.3) is 5.91 Å². The normalized spacial score (nSPS) is 20.0. The van der Waals surface area contributed by atoms with E-state index in [4.69, 9.17) is 14.2 Å². The summed E-state index contributed by atoms with van der Waals surface area (Å²) in [6.45, 7) is 3.11. The zero-order chi connectivity index (χ0) is 16.9. The second-order valence-electron chi connectivity index (χ2n) is 5.51. The standard InChI is InChI=1S/C17H19NO5S/c1-12-6-7-18(13-4-2-3-5-15(13)24-12)16(19)11-23-17(20)14-10-21-8-9-22-14/h2-5,10,12H,6-9,11H2,1H3/t12-/m0/s1. The van der Waals surface area contributed by atoms with Crippen LogP contribution in [0.2, 0.25) is 0 Å². The molecule has 1 aromatic carbocycles. The van der Waals surface area contributed by atoms with E-state index in [0.29, 0.717) is 25.0 Å². The molecule has 7 heteroatoms. The van der Waals surface area contributed by atoms with Crippen molar-refractivity contribution in [2.24, 2.45) is 0 Å². The van der Waals surface area contributed by atoms with Crippen LogP contribution in [0.25, 0.3) is 0 Å². The van der Waals surface area contributed by atoms with Gasteiger partial charge in [-0.2, -0.15) is 0 Å². The van der Waals surface area contributed by atoms with Gasteiger partial charge < -0.3 is 19.1 Å². The molecule has 1 atom stereocenters. The average Bonchev–Trinajstić information content (AvgIpc) is 2.78. The van der Waals surface area contributed by atoms with Gasteiger partial charge in [-0.05, 0) is 18.6 Å². The van der Waals surface area contributed by atoms with E-state index >= 15 is 0 Å². The highest BCUT2D eigenvalue weighted by atomic mass is 32.2. The molecule has 0 aromatic heterocycles. The summed E-state index contributed by atoms with van der Waals surface area (Å²) in [7, 11) is 0. The smallest absolute Gasteiger partial charge is 0.377 e. The highest BCUT2D eigenvalue weighted by Gasteiger charge is 2.25. The Labute approximate surface area is 144 Å². The maximum Gasteiger partial charge on any atom is 0.377 e. The first-order chi connectivity index (χ1) is 11.6. The van der Waals surface area contributed by atoms with Gasteiger partial charge >= 0.3 is 5.97 Å². The molecular weight excluding hydrogens is 330 g/mol. The van der Waals surface area contributed by atoms with Crippen LogP contribution in [-0.4, -0.2) is 43.5 Å². The van der Waals surface area contributed by atoms with Gasteiger partial charge in [-0.1, -0.05) is 19.1 Å². The number of carbonyl (C=O) groups is 2. The summed E-state index contributed by atoms with van der Waals surface area (Å²) >= 11 is 1.75. The topological polar surface area (TPSA) is 65.1 Å². The predicted octanol–water partition coefficient (Wildman–Crippen LogP) is 2.34. The van der Waals surface area contributed by atoms with Gasteiger partial charge in [-0.25, -0.2) is 4.79 Å². The Balaban J connectivity index is 1.66. The minimum absolute atomic E-state index is 0.00510. The van der Waals surface area contributed by atoms with Crippen LogP contribution in [0.4, 0.5) is 5.69 Å². The van der Waals surface area contributed by atoms with Crippen molar-refractivity contribution in [2.75, 3.05) is 31.3 Å². The summed E-state index contributed by atoms with van der Waals surface area (Å²) in [6.07, 6.45) is 2.09. The number of amides is 1. The third-order valence-electron chi connectivity index (χ3n) is 3.72. The van der Waals surface area contributed by atoms with Crippen LogP contribution in [0.15, 0.2) is 41.2 Å². The van der Waals surface area contributed by atoms with E-state index in [1.807, 2.05) is 24.3 Å². The number of rotatable bonds is 3. The number of nitrogens with zero attached hydrogens (tertiary/aromatic N) is 1. The quantitative estimate of drug-likeness (QED) is 0.781. The number of esters is 1. The van der Waals surface area contributed by atoms with Gasteiger partial charge in [0.1, 0.15) is 19.5 Å². The van der Waals surface area contributed by atoms with E-state index in [1.165, 1.54) is 6.26 Å². The molecule has 0 spiro atoms. The lowest BCUT2D eigenvalue weighted by Gasteiger charge is -2.22. The number of ether oxygens (including phenoxy) is 3. The molecule has 1 aromatic rings. The molecule has 2 aliphatic heterocycles. The van der Waals surface area contributed by atoms with Crippen LogP contribution in [-0.2, 0) is 23.8 Å². The van der Waals surface area contributed by atoms with Crippen molar-refractivity contribution in [1.82, 2.24) is 0 Å². The Hall–Kier alpha value is -2.15. The Morgan fingerprint density at radius 2 is 2.17 bits per heavy atom. The van der Waals surface area contributed by atoms with E-state index < -0.39 is 5.97 Å². The first kappa shape index (κ1) is 16.7. The first-order valence-corrected chi connectivity index (χ1v) is 8.71. The molecule has 0 bridgehead atoms. The summed E-state index contributed by atoms with van der Waals surface area (Å²) in [5.74, 6) is -0.939. The number of fused-ring (bicyclic) bond motifs is 1. The van der Waals surface area contributed by atoms with E-state index in [-0.39, 0.29) is 18.3 Å². The van der Waals surface area contributed by atoms with Crippen LogP contribution in [0.1, 0.15) is 13.3 Å². The molecular formula is C17H19NO5S. The monoisotopic (exact) mass is 349 g/mol. The van der Waals surface area contributed by atoms with Crippen molar-refractivity contribution in [3.63, 3.8) is 0 Å². The second kappa shape index (κ2) is 7.61. The van der Waals surface area contributed by atoms with E-state index in [9.17, 15) is 9.59 Å². The van der Waals surface area contributed by atoms with Gasteiger partial charge in [0.05, 0.1) is 5.69 Å². The Morgan fingerprint density at radius 3 is 2.96 bits per heavy atom. The summed E-state index contributed by atoms with van der Waals surface area (Å²) < 4.78 is 15.2. The molecule has 0 unspecified atom stereocenters. The number of hydrogen-bond donors (Lipinski definition) is 0. The SMILES string of the molecule is C[C@H]1CCN(C(=O)COC(=O)C2=COCCO2)c2ccccc2S1. The van der Waals surface area contributed by atoms with Crippen LogP contribution < -0.4 is 4.90 Å². The maximum atomic E-state index is 12.6. The van der Waals surface area contributed by atoms with Gasteiger partial charge in [0, 0.05) is 16.7 Å². The van der Waals surface area contributed by atoms with Gasteiger partial charge in [0.2, 0.25) is 5.76 Å². The third kappa shape index (κ3) is 3.84. The highest BCUT2D eigenvalue weighted by molar-refractivity contribution is 8.00. The Morgan fingerprint density at radius 1 is 1.33 bits per heavy atom. The lowest BCUT2D eigenvalue weighted by Crippen LogP contribution is -2.36. The average molecular weight is 349 g/mol. The maximum absolute atomic E-state index is 12.6. The lowest BCUT2D eigenvalue weighted by molar-refractivity contribution is -0.148. The fraction of sp³-hybridized carbons (Fsp3) is 0.412. The number of anilines is 1. The third-order valence-corrected chi connectivity index (χ3v) is 4.96. The largest absolute Gasteiger partial charge is 0.493 e. The molecule has 3 rings (SSSR count). The molecule has 128 valence electrons. The van der Waals surface area contributed by atoms with Crippen molar-refractivity contribution < 1.29 is 23.8 Å². The van der Waals surface area contributed by atoms with Gasteiger partial charge in [-0.3, -0.25) is 4.79 Å². The van der Waals surface area contributed by atoms with Crippen molar-refractivity contribution in [3.8, 4) is 0 Å². The molecule has 0 aliphatic carbocycles. The van der Waals surface area contributed by atoms with Crippen molar-refractivity contribution in [2.45, 2.75) is 23.5 Å². The Bertz CT molecular complexity index is 660. The number of thioether (sulfide) groups is 1. The van der Waals surface area contributed by atoms with E-state index in [1.54, 1.807) is 16.7 Å². The van der Waals surface area contributed by atoms with Crippen LogP contribution in [0.5, 0.6) is 0 Å². The number of para-hydroxylation sites is 1. The highest BCUT2D eigenvalue weighted by Crippen LogP contribution is 2.37. The molecule has 0 N–H and O–H groups in total. The minimum atomic E-state index is -0.686. The number of benzene rings is 1. The van der Waals surface area contributed by atoms with Crippen LogP contribution in [0.3, 0.4) is 0 Å². The summed E-state index contributed by atoms with van der Waals surface area (Å²) in [6, 6.07) is 7.78. The Kier molecular flexibility index (Phi) is 5.30. The molecule has 1 amide bonds. The zero-order valence-electron chi connectivity index (χ0n) is 13.4. The predicted molar refractivity (Wildman–Crippen MR) is 89.7 cm³/mol. The fourth-order valence-electron chi connectivity index (χ4n) is 2.50. The molecule has 2 heterocycles. The van der Waals surface area contributed by atoms with Crippen LogP contribution >= 0.6 is 11.8 Å². The van der Waals surface area contributed by atoms with E-state index in [0.717, 1.165) is 17.0 Å². The molecule has 0 saturated carbocycles.